The van der Waals surface area contributed by atoms with Crippen LogP contribution in [-0.2, 0) is 0 Å². The molecule has 1 nitrogen and oxygen atoms in total. The van der Waals surface area contributed by atoms with Gasteiger partial charge in [0.2, 0.25) is 0 Å². The van der Waals surface area contributed by atoms with Crippen LogP contribution in [0, 0.1) is 11.8 Å². The molecule has 0 saturated carbocycles. The van der Waals surface area contributed by atoms with Gasteiger partial charge in [-0.2, -0.15) is 0 Å². The first-order valence-corrected chi connectivity index (χ1v) is 3.59. The Morgan fingerprint density at radius 3 is 2.67 bits per heavy atom. The van der Waals surface area contributed by atoms with Crippen molar-refractivity contribution >= 4 is 0 Å². The van der Waals surface area contributed by atoms with Crippen LogP contribution in [0.1, 0.15) is 26.7 Å². The predicted octanol–water partition coefficient (Wildman–Crippen LogP) is 2.49. The molecule has 0 saturated heterocycles. The van der Waals surface area contributed by atoms with Gasteiger partial charge in [-0.15, -0.1) is 0 Å². The van der Waals surface area contributed by atoms with Gasteiger partial charge in [0, 0.05) is 5.92 Å². The Morgan fingerprint density at radius 1 is 1.56 bits per heavy atom. The van der Waals surface area contributed by atoms with Crippen LogP contribution in [-0.4, -0.2) is 5.11 Å². The van der Waals surface area contributed by atoms with E-state index in [-0.39, 0.29) is 0 Å². The topological polar surface area (TPSA) is 20.2 Å². The van der Waals surface area contributed by atoms with E-state index >= 15 is 0 Å². The minimum atomic E-state index is 0.397. The molecule has 9 heavy (non-hydrogen) atoms. The number of rotatable bonds is 0. The van der Waals surface area contributed by atoms with Crippen molar-refractivity contribution in [1.82, 2.24) is 0 Å². The first kappa shape index (κ1) is 6.66. The normalized spacial score (nSPS) is 36.0. The van der Waals surface area contributed by atoms with E-state index in [1.165, 1.54) is 0 Å². The zero-order valence-corrected chi connectivity index (χ0v) is 6.09. The number of allylic oxidation sites excluding steroid dienone is 2. The highest BCUT2D eigenvalue weighted by atomic mass is 16.3. The van der Waals surface area contributed by atoms with E-state index in [0.717, 1.165) is 18.8 Å². The summed E-state index contributed by atoms with van der Waals surface area (Å²) in [6.45, 7) is 4.29. The summed E-state index contributed by atoms with van der Waals surface area (Å²) in [5, 5.41) is 9.16. The van der Waals surface area contributed by atoms with Gasteiger partial charge < -0.3 is 5.11 Å². The third-order valence-corrected chi connectivity index (χ3v) is 1.99. The summed E-state index contributed by atoms with van der Waals surface area (Å²) in [5.74, 6) is 1.75. The molecule has 1 N–H and O–H groups in total. The average molecular weight is 126 g/mol. The highest BCUT2D eigenvalue weighted by Gasteiger charge is 2.16. The SMILES string of the molecule is CC1CC=C(O)C(C)C1. The molecular weight excluding hydrogens is 112 g/mol. The summed E-state index contributed by atoms with van der Waals surface area (Å²) >= 11 is 0. The molecule has 2 atom stereocenters. The van der Waals surface area contributed by atoms with E-state index in [0.29, 0.717) is 11.7 Å². The van der Waals surface area contributed by atoms with Gasteiger partial charge in [-0.1, -0.05) is 13.8 Å². The van der Waals surface area contributed by atoms with E-state index in [1.807, 2.05) is 6.08 Å². The molecule has 1 rings (SSSR count). The molecule has 0 bridgehead atoms. The fourth-order valence-electron chi connectivity index (χ4n) is 1.34. The molecule has 2 unspecified atom stereocenters. The second-order valence-corrected chi connectivity index (χ2v) is 3.11. The lowest BCUT2D eigenvalue weighted by Crippen LogP contribution is -2.10. The summed E-state index contributed by atoms with van der Waals surface area (Å²) in [6, 6.07) is 0. The van der Waals surface area contributed by atoms with Crippen molar-refractivity contribution in [2.45, 2.75) is 26.7 Å². The molecule has 0 spiro atoms. The molecule has 0 aromatic carbocycles. The minimum Gasteiger partial charge on any atom is -0.512 e. The van der Waals surface area contributed by atoms with Crippen molar-refractivity contribution in [2.75, 3.05) is 0 Å². The van der Waals surface area contributed by atoms with Gasteiger partial charge >= 0.3 is 0 Å². The number of hydrogen-bond acceptors (Lipinski definition) is 1. The first-order chi connectivity index (χ1) is 4.20. The van der Waals surface area contributed by atoms with Crippen LogP contribution >= 0.6 is 0 Å². The summed E-state index contributed by atoms with van der Waals surface area (Å²) < 4.78 is 0. The monoisotopic (exact) mass is 126 g/mol. The molecular formula is C8H14O. The Balaban J connectivity index is 2.56. The zero-order chi connectivity index (χ0) is 6.85. The van der Waals surface area contributed by atoms with Gasteiger partial charge in [-0.25, -0.2) is 0 Å². The highest BCUT2D eigenvalue weighted by molar-refractivity contribution is 5.00. The van der Waals surface area contributed by atoms with E-state index in [2.05, 4.69) is 13.8 Å². The summed E-state index contributed by atoms with van der Waals surface area (Å²) in [7, 11) is 0. The van der Waals surface area contributed by atoms with Crippen molar-refractivity contribution in [3.63, 3.8) is 0 Å². The fourth-order valence-corrected chi connectivity index (χ4v) is 1.34. The Hall–Kier alpha value is -0.460. The van der Waals surface area contributed by atoms with Crippen LogP contribution in [0.3, 0.4) is 0 Å². The molecule has 0 heterocycles. The predicted molar refractivity (Wildman–Crippen MR) is 38.3 cm³/mol. The molecule has 1 aliphatic rings. The summed E-state index contributed by atoms with van der Waals surface area (Å²) in [6.07, 6.45) is 4.14. The molecule has 0 radical (unpaired) electrons. The molecule has 0 aromatic heterocycles. The third kappa shape index (κ3) is 1.47. The molecule has 0 aromatic rings. The van der Waals surface area contributed by atoms with Gasteiger partial charge in [0.05, 0.1) is 5.76 Å². The molecule has 0 aliphatic heterocycles. The lowest BCUT2D eigenvalue weighted by molar-refractivity contribution is 0.284. The maximum Gasteiger partial charge on any atom is 0.0911 e. The lowest BCUT2D eigenvalue weighted by atomic mass is 9.88. The Morgan fingerprint density at radius 2 is 2.22 bits per heavy atom. The Bertz CT molecular complexity index is 127. The minimum absolute atomic E-state index is 0.397. The highest BCUT2D eigenvalue weighted by Crippen LogP contribution is 2.26. The van der Waals surface area contributed by atoms with Gasteiger partial charge in [-0.05, 0) is 24.8 Å². The number of aliphatic hydroxyl groups excluding tert-OH is 1. The second-order valence-electron chi connectivity index (χ2n) is 3.11. The van der Waals surface area contributed by atoms with E-state index in [4.69, 9.17) is 5.11 Å². The van der Waals surface area contributed by atoms with Crippen molar-refractivity contribution in [3.8, 4) is 0 Å². The van der Waals surface area contributed by atoms with E-state index < -0.39 is 0 Å². The Labute approximate surface area is 56.4 Å². The van der Waals surface area contributed by atoms with Crippen molar-refractivity contribution < 1.29 is 5.11 Å². The maximum absolute atomic E-state index is 9.16. The van der Waals surface area contributed by atoms with Crippen LogP contribution in [0.2, 0.25) is 0 Å². The summed E-state index contributed by atoms with van der Waals surface area (Å²) in [5.41, 5.74) is 0. The average Bonchev–Trinajstić information content (AvgIpc) is 1.80. The van der Waals surface area contributed by atoms with E-state index in [9.17, 15) is 0 Å². The maximum atomic E-state index is 9.16. The molecule has 52 valence electrons. The van der Waals surface area contributed by atoms with Crippen LogP contribution in [0.25, 0.3) is 0 Å². The molecule has 1 aliphatic carbocycles. The largest absolute Gasteiger partial charge is 0.512 e. The van der Waals surface area contributed by atoms with Crippen LogP contribution in [0.15, 0.2) is 11.8 Å². The van der Waals surface area contributed by atoms with Gasteiger partial charge in [0.25, 0.3) is 0 Å². The van der Waals surface area contributed by atoms with Crippen LogP contribution in [0.5, 0.6) is 0 Å². The fraction of sp³-hybridized carbons (Fsp3) is 0.750. The van der Waals surface area contributed by atoms with Gasteiger partial charge in [0.15, 0.2) is 0 Å². The van der Waals surface area contributed by atoms with Crippen molar-refractivity contribution in [1.29, 1.82) is 0 Å². The quantitative estimate of drug-likeness (QED) is 0.528. The second kappa shape index (κ2) is 2.42. The van der Waals surface area contributed by atoms with Crippen molar-refractivity contribution in [3.05, 3.63) is 11.8 Å². The van der Waals surface area contributed by atoms with Gasteiger partial charge in [0.1, 0.15) is 0 Å². The zero-order valence-electron chi connectivity index (χ0n) is 6.09. The molecule has 0 fully saturated rings. The van der Waals surface area contributed by atoms with Crippen LogP contribution in [0.4, 0.5) is 0 Å². The molecule has 0 amide bonds. The number of hydrogen-bond donors (Lipinski definition) is 1. The third-order valence-electron chi connectivity index (χ3n) is 1.99. The lowest BCUT2D eigenvalue weighted by Gasteiger charge is -2.20. The standard InChI is InChI=1S/C8H14O/c1-6-3-4-8(9)7(2)5-6/h4,6-7,9H,3,5H2,1-2H3. The van der Waals surface area contributed by atoms with Gasteiger partial charge in [-0.3, -0.25) is 0 Å². The van der Waals surface area contributed by atoms with Crippen molar-refractivity contribution in [2.24, 2.45) is 11.8 Å². The smallest absolute Gasteiger partial charge is 0.0911 e. The number of aliphatic hydroxyl groups is 1. The van der Waals surface area contributed by atoms with E-state index in [1.54, 1.807) is 0 Å². The van der Waals surface area contributed by atoms with Crippen LogP contribution < -0.4 is 0 Å². The summed E-state index contributed by atoms with van der Waals surface area (Å²) in [4.78, 5) is 0. The first-order valence-electron chi connectivity index (χ1n) is 3.59. The molecule has 1 heteroatoms. The Kier molecular flexibility index (Phi) is 1.79.